The van der Waals surface area contributed by atoms with Crippen LogP contribution in [-0.2, 0) is 51.6 Å². The van der Waals surface area contributed by atoms with Gasteiger partial charge in [0, 0.05) is 12.8 Å². The van der Waals surface area contributed by atoms with Crippen molar-refractivity contribution >= 4 is 19.8 Å². The number of unbranched alkanes of at least 4 members (excludes halogenated alkanes) is 19. The Bertz CT molecular complexity index is 1660. The average Bonchev–Trinajstić information content (AvgIpc) is 3.47. The van der Waals surface area contributed by atoms with Crippen LogP contribution >= 0.6 is 7.82 Å². The molecular weight excluding hydrogens is 1050 g/mol. The fourth-order valence-corrected chi connectivity index (χ4v) is 10.4. The number of hydrogen-bond donors (Lipinski definition) is 12. The van der Waals surface area contributed by atoms with Crippen LogP contribution in [0.5, 0.6) is 0 Å². The second kappa shape index (κ2) is 39.4. The van der Waals surface area contributed by atoms with E-state index >= 15 is 0 Å². The van der Waals surface area contributed by atoms with E-state index in [9.17, 15) is 75.2 Å². The molecule has 2 saturated heterocycles. The van der Waals surface area contributed by atoms with Gasteiger partial charge in [0.1, 0.15) is 92.1 Å². The van der Waals surface area contributed by atoms with Crippen LogP contribution in [0.15, 0.2) is 24.3 Å². The van der Waals surface area contributed by atoms with E-state index in [1.165, 1.54) is 57.8 Å². The van der Waals surface area contributed by atoms with Gasteiger partial charge in [-0.25, -0.2) is 4.57 Å². The van der Waals surface area contributed by atoms with Crippen molar-refractivity contribution in [1.82, 2.24) is 0 Å². The summed E-state index contributed by atoms with van der Waals surface area (Å²) in [5.74, 6) is -1.35. The first-order valence-corrected chi connectivity index (χ1v) is 30.2. The Morgan fingerprint density at radius 3 is 1.37 bits per heavy atom. The van der Waals surface area contributed by atoms with E-state index in [2.05, 4.69) is 38.2 Å². The van der Waals surface area contributed by atoms with Crippen molar-refractivity contribution in [3.05, 3.63) is 24.3 Å². The summed E-state index contributed by atoms with van der Waals surface area (Å²) in [5.41, 5.74) is 0. The standard InChI is InChI=1S/C54H97O23P/c1-3-5-7-9-11-13-15-17-19-20-22-24-26-28-30-39(57)70-34-36(72-40(58)31-29-27-25-23-21-18-16-14-12-10-8-6-4-2)35-71-78(68,69)77-52-50(75-53-48(66)43(61)41(59)37(32-55)73-53)46(64)45(63)47(65)51(52)76-54-49(67)44(62)42(60)38(33-56)74-54/h8,10,14,16,36-38,41-56,59-67H,3-7,9,11-13,15,17-35H2,1-2H3,(H,68,69)/b10-8-,16-14-/t36-,37?,38?,41-,42+,43?,44?,45?,46?,47?,48-,49+,50-,51?,52?,53-,54+/m1/s1. The third-order valence-electron chi connectivity index (χ3n) is 14.3. The minimum Gasteiger partial charge on any atom is -0.462 e. The molecule has 0 aromatic rings. The van der Waals surface area contributed by atoms with Crippen LogP contribution in [0.1, 0.15) is 174 Å². The SMILES string of the molecule is CCC/C=C\C/C=C\CCCCCCCC(=O)O[C@H](COC(=O)CCCCCCCCCCCCCCCC)COP(=O)(O)OC1C(O[C@@H]2OC(CO)[C@H](O)C(O)[C@@H]2O)C(O)C(O)C(O)[C@H]1O[C@H]1OC(CO)[C@@H](O)C(O)[C@H]1O. The maximum atomic E-state index is 14.0. The van der Waals surface area contributed by atoms with Crippen molar-refractivity contribution in [3.8, 4) is 0 Å². The van der Waals surface area contributed by atoms with E-state index in [-0.39, 0.29) is 12.8 Å². The number of ether oxygens (including phenoxy) is 6. The molecule has 3 rings (SSSR count). The predicted molar refractivity (Wildman–Crippen MR) is 282 cm³/mol. The summed E-state index contributed by atoms with van der Waals surface area (Å²) in [6, 6.07) is 0. The molecule has 2 heterocycles. The lowest BCUT2D eigenvalue weighted by Gasteiger charge is -2.49. The summed E-state index contributed by atoms with van der Waals surface area (Å²) in [5, 5.41) is 116. The molecule has 0 aromatic heterocycles. The lowest BCUT2D eigenvalue weighted by atomic mass is 9.84. The zero-order chi connectivity index (χ0) is 57.5. The fraction of sp³-hybridized carbons (Fsp3) is 0.889. The maximum absolute atomic E-state index is 14.0. The number of allylic oxidation sites excluding steroid dienone is 4. The van der Waals surface area contributed by atoms with Crippen molar-refractivity contribution in [2.24, 2.45) is 0 Å². The average molecular weight is 1150 g/mol. The topological polar surface area (TPSA) is 368 Å². The number of carbonyl (C=O) groups is 2. The highest BCUT2D eigenvalue weighted by atomic mass is 31.2. The molecule has 78 heavy (non-hydrogen) atoms. The van der Waals surface area contributed by atoms with Crippen molar-refractivity contribution in [2.45, 2.75) is 279 Å². The Hall–Kier alpha value is -2.07. The highest BCUT2D eigenvalue weighted by Crippen LogP contribution is 2.49. The Balaban J connectivity index is 1.72. The predicted octanol–water partition coefficient (Wildman–Crippen LogP) is 3.31. The monoisotopic (exact) mass is 1140 g/mol. The van der Waals surface area contributed by atoms with Crippen LogP contribution in [0, 0.1) is 0 Å². The van der Waals surface area contributed by atoms with Crippen molar-refractivity contribution in [1.29, 1.82) is 0 Å². The van der Waals surface area contributed by atoms with Gasteiger partial charge < -0.3 is 89.5 Å². The first-order chi connectivity index (χ1) is 37.4. The summed E-state index contributed by atoms with van der Waals surface area (Å²) in [7, 11) is -5.64. The smallest absolute Gasteiger partial charge is 0.462 e. The number of rotatable bonds is 41. The molecular formula is C54H97O23P. The number of carbonyl (C=O) groups excluding carboxylic acids is 2. The Morgan fingerprint density at radius 1 is 0.487 bits per heavy atom. The van der Waals surface area contributed by atoms with Gasteiger partial charge in [-0.15, -0.1) is 0 Å². The van der Waals surface area contributed by atoms with E-state index in [1.54, 1.807) is 0 Å². The highest BCUT2D eigenvalue weighted by Gasteiger charge is 2.58. The molecule has 1 saturated carbocycles. The molecule has 23 nitrogen and oxygen atoms in total. The Labute approximate surface area is 460 Å². The molecule has 456 valence electrons. The minimum absolute atomic E-state index is 0.0467. The van der Waals surface area contributed by atoms with Gasteiger partial charge in [-0.05, 0) is 38.5 Å². The molecule has 0 aromatic carbocycles. The molecule has 0 spiro atoms. The quantitative estimate of drug-likeness (QED) is 0.0181. The second-order valence-corrected chi connectivity index (χ2v) is 22.2. The third kappa shape index (κ3) is 25.2. The largest absolute Gasteiger partial charge is 0.472 e. The fourth-order valence-electron chi connectivity index (χ4n) is 9.45. The lowest BCUT2D eigenvalue weighted by Crippen LogP contribution is -2.69. The molecule has 10 unspecified atom stereocenters. The third-order valence-corrected chi connectivity index (χ3v) is 15.2. The molecule has 18 atom stereocenters. The van der Waals surface area contributed by atoms with Crippen LogP contribution in [0.4, 0.5) is 0 Å². The van der Waals surface area contributed by atoms with Gasteiger partial charge in [0.2, 0.25) is 0 Å². The maximum Gasteiger partial charge on any atom is 0.472 e. The lowest BCUT2D eigenvalue weighted by molar-refractivity contribution is -0.360. The second-order valence-electron chi connectivity index (χ2n) is 20.8. The van der Waals surface area contributed by atoms with Gasteiger partial charge >= 0.3 is 19.8 Å². The first-order valence-electron chi connectivity index (χ1n) is 28.7. The molecule has 1 aliphatic carbocycles. The normalized spacial score (nSPS) is 31.9. The molecule has 0 amide bonds. The summed E-state index contributed by atoms with van der Waals surface area (Å²) < 4.78 is 58.0. The molecule has 2 aliphatic heterocycles. The van der Waals surface area contributed by atoms with Gasteiger partial charge in [-0.3, -0.25) is 18.6 Å². The number of hydrogen-bond acceptors (Lipinski definition) is 22. The van der Waals surface area contributed by atoms with Gasteiger partial charge in [0.15, 0.2) is 18.7 Å². The van der Waals surface area contributed by atoms with Crippen molar-refractivity contribution in [3.63, 3.8) is 0 Å². The first kappa shape index (κ1) is 70.2. The zero-order valence-electron chi connectivity index (χ0n) is 45.9. The van der Waals surface area contributed by atoms with Crippen LogP contribution < -0.4 is 0 Å². The van der Waals surface area contributed by atoms with Crippen molar-refractivity contribution < 1.29 is 113 Å². The minimum atomic E-state index is -5.64. The summed E-state index contributed by atoms with van der Waals surface area (Å²) in [4.78, 5) is 37.4. The van der Waals surface area contributed by atoms with Gasteiger partial charge in [-0.2, -0.15) is 0 Å². The van der Waals surface area contributed by atoms with E-state index < -0.39 is 150 Å². The number of phosphoric acid groups is 1. The van der Waals surface area contributed by atoms with E-state index in [4.69, 9.17) is 37.5 Å². The van der Waals surface area contributed by atoms with Crippen LogP contribution in [0.3, 0.4) is 0 Å². The Kier molecular flexibility index (Phi) is 35.5. The molecule has 24 heteroatoms. The van der Waals surface area contributed by atoms with Gasteiger partial charge in [0.25, 0.3) is 0 Å². The number of esters is 2. The molecule has 0 bridgehead atoms. The molecule has 0 radical (unpaired) electrons. The van der Waals surface area contributed by atoms with Crippen LogP contribution in [0.25, 0.3) is 0 Å². The summed E-state index contributed by atoms with van der Waals surface area (Å²) in [6.07, 6.45) is -2.55. The molecule has 3 aliphatic rings. The van der Waals surface area contributed by atoms with E-state index in [0.717, 1.165) is 70.6 Å². The summed E-state index contributed by atoms with van der Waals surface area (Å²) >= 11 is 0. The van der Waals surface area contributed by atoms with Gasteiger partial charge in [0.05, 0.1) is 19.8 Å². The molecule has 3 fully saturated rings. The Morgan fingerprint density at radius 2 is 0.910 bits per heavy atom. The highest BCUT2D eigenvalue weighted by molar-refractivity contribution is 7.47. The zero-order valence-corrected chi connectivity index (χ0v) is 46.8. The molecule has 12 N–H and O–H groups in total. The van der Waals surface area contributed by atoms with E-state index in [1.807, 2.05) is 0 Å². The summed E-state index contributed by atoms with van der Waals surface area (Å²) in [6.45, 7) is 0.917. The number of phosphoric ester groups is 1. The van der Waals surface area contributed by atoms with Crippen LogP contribution in [0.2, 0.25) is 0 Å². The van der Waals surface area contributed by atoms with Crippen LogP contribution in [-0.4, -0.2) is 204 Å². The number of aliphatic hydroxyl groups excluding tert-OH is 11. The van der Waals surface area contributed by atoms with Gasteiger partial charge in [-0.1, -0.05) is 147 Å². The van der Waals surface area contributed by atoms with E-state index in [0.29, 0.717) is 19.3 Å². The number of aliphatic hydroxyl groups is 11. The van der Waals surface area contributed by atoms with Crippen molar-refractivity contribution in [2.75, 3.05) is 26.4 Å².